The van der Waals surface area contributed by atoms with Crippen LogP contribution in [-0.4, -0.2) is 36.8 Å². The van der Waals surface area contributed by atoms with Gasteiger partial charge in [0.1, 0.15) is 0 Å². The van der Waals surface area contributed by atoms with E-state index in [4.69, 9.17) is 14.8 Å². The molecule has 0 saturated heterocycles. The molecule has 192 valence electrons. The number of rotatable bonds is 7. The fourth-order valence-electron chi connectivity index (χ4n) is 9.50. The van der Waals surface area contributed by atoms with Gasteiger partial charge in [0.2, 0.25) is 5.91 Å². The van der Waals surface area contributed by atoms with Crippen LogP contribution in [-0.2, 0) is 14.9 Å². The van der Waals surface area contributed by atoms with Crippen LogP contribution in [0.3, 0.4) is 0 Å². The van der Waals surface area contributed by atoms with Crippen LogP contribution in [0.15, 0.2) is 10.2 Å². The summed E-state index contributed by atoms with van der Waals surface area (Å²) in [4.78, 5) is 12.2. The molecule has 34 heavy (non-hydrogen) atoms. The lowest BCUT2D eigenvalue weighted by atomic mass is 9.42. The van der Waals surface area contributed by atoms with Gasteiger partial charge in [-0.15, -0.1) is 0 Å². The summed E-state index contributed by atoms with van der Waals surface area (Å²) in [5, 5.41) is 12.2. The molecule has 7 nitrogen and oxygen atoms in total. The summed E-state index contributed by atoms with van der Waals surface area (Å²) in [7, 11) is -4.04. The topological polar surface area (TPSA) is 108 Å². The number of nitrogens with zero attached hydrogens (tertiary/aromatic N) is 2. The Morgan fingerprint density at radius 3 is 2.50 bits per heavy atom. The van der Waals surface area contributed by atoms with E-state index in [1.165, 1.54) is 57.8 Å². The molecule has 1 aliphatic heterocycles. The lowest BCUT2D eigenvalue weighted by Crippen LogP contribution is -2.59. The van der Waals surface area contributed by atoms with Crippen LogP contribution >= 0.6 is 0 Å². The van der Waals surface area contributed by atoms with Crippen LogP contribution in [0.1, 0.15) is 91.4 Å². The molecule has 0 aromatic heterocycles. The van der Waals surface area contributed by atoms with E-state index in [1.807, 2.05) is 0 Å². The molecule has 4 saturated carbocycles. The third-order valence-corrected chi connectivity index (χ3v) is 12.0. The summed E-state index contributed by atoms with van der Waals surface area (Å²) < 4.78 is 30.6. The molecule has 1 spiro atoms. The second-order valence-electron chi connectivity index (χ2n) is 12.9. The maximum Gasteiger partial charge on any atom is 0.266 e. The molecule has 5 rings (SSSR count). The largest absolute Gasteiger partial charge is 0.355 e. The van der Waals surface area contributed by atoms with E-state index in [0.29, 0.717) is 40.9 Å². The Labute approximate surface area is 205 Å². The Morgan fingerprint density at radius 2 is 1.79 bits per heavy atom. The van der Waals surface area contributed by atoms with E-state index in [0.717, 1.165) is 18.3 Å². The van der Waals surface area contributed by atoms with Crippen molar-refractivity contribution in [1.29, 1.82) is 0 Å². The summed E-state index contributed by atoms with van der Waals surface area (Å²) >= 11 is 0. The minimum absolute atomic E-state index is 0.0345. The van der Waals surface area contributed by atoms with Crippen LogP contribution < -0.4 is 5.32 Å². The van der Waals surface area contributed by atoms with Crippen molar-refractivity contribution in [2.24, 2.45) is 56.6 Å². The Morgan fingerprint density at radius 1 is 1.06 bits per heavy atom. The van der Waals surface area contributed by atoms with Crippen molar-refractivity contribution in [2.45, 2.75) is 97.1 Å². The molecular formula is C26H43N3O4S. The summed E-state index contributed by atoms with van der Waals surface area (Å²) in [6, 6.07) is 0. The van der Waals surface area contributed by atoms with Crippen molar-refractivity contribution < 1.29 is 17.8 Å². The van der Waals surface area contributed by atoms with Crippen molar-refractivity contribution in [3.8, 4) is 0 Å². The van der Waals surface area contributed by atoms with E-state index in [9.17, 15) is 13.2 Å². The predicted octanol–water partition coefficient (Wildman–Crippen LogP) is 5.23. The normalized spacial score (nSPS) is 43.0. The highest BCUT2D eigenvalue weighted by Crippen LogP contribution is 2.72. The molecule has 5 aliphatic rings. The molecule has 0 aromatic carbocycles. The molecular weight excluding hydrogens is 450 g/mol. The van der Waals surface area contributed by atoms with E-state index < -0.39 is 15.9 Å². The standard InChI is InChI=1S/C26H43N3O4S/c1-17(7-10-22(30)27-14-15-34(31,32)33)19-8-9-20-23-21(11-13-25(19,20)3)24(2)12-5-4-6-18(24)16-26(23)28-29-26/h17-21,23H,4-16H2,1-3H3,(H,27,30)(H,31,32,33)/t17-,18+,19-,20+,21+,23+,24+,25-/m1/s1. The van der Waals surface area contributed by atoms with Crippen molar-refractivity contribution in [1.82, 2.24) is 5.32 Å². The minimum atomic E-state index is -4.04. The number of nitrogens with one attached hydrogen (secondary N) is 1. The third kappa shape index (κ3) is 4.14. The molecule has 0 radical (unpaired) electrons. The molecule has 0 unspecified atom stereocenters. The van der Waals surface area contributed by atoms with Gasteiger partial charge in [0.15, 0.2) is 5.66 Å². The maximum atomic E-state index is 12.2. The van der Waals surface area contributed by atoms with Crippen LogP contribution in [0, 0.1) is 46.3 Å². The van der Waals surface area contributed by atoms with E-state index in [2.05, 4.69) is 26.1 Å². The number of hydrogen-bond acceptors (Lipinski definition) is 5. The highest BCUT2D eigenvalue weighted by molar-refractivity contribution is 7.85. The maximum absolute atomic E-state index is 12.2. The highest BCUT2D eigenvalue weighted by atomic mass is 32.2. The van der Waals surface area contributed by atoms with E-state index >= 15 is 0 Å². The van der Waals surface area contributed by atoms with Crippen molar-refractivity contribution in [3.63, 3.8) is 0 Å². The Kier molecular flexibility index (Phi) is 6.19. The first kappa shape index (κ1) is 24.7. The zero-order chi connectivity index (χ0) is 24.4. The molecule has 8 atom stereocenters. The number of amides is 1. The zero-order valence-electron chi connectivity index (χ0n) is 21.1. The predicted molar refractivity (Wildman–Crippen MR) is 131 cm³/mol. The Hall–Kier alpha value is -1.02. The van der Waals surface area contributed by atoms with Crippen molar-refractivity contribution >= 4 is 16.0 Å². The average Bonchev–Trinajstić information content (AvgIpc) is 3.44. The van der Waals surface area contributed by atoms with Gasteiger partial charge in [-0.05, 0) is 85.4 Å². The molecule has 0 aromatic rings. The summed E-state index contributed by atoms with van der Waals surface area (Å²) in [5.41, 5.74) is 0.678. The molecule has 4 aliphatic carbocycles. The zero-order valence-corrected chi connectivity index (χ0v) is 21.9. The first-order valence-corrected chi connectivity index (χ1v) is 15.3. The lowest BCUT2D eigenvalue weighted by Gasteiger charge is -2.62. The van der Waals surface area contributed by atoms with Gasteiger partial charge in [0.05, 0.1) is 5.75 Å². The number of fused-ring (bicyclic) bond motifs is 6. The first-order chi connectivity index (χ1) is 16.0. The molecule has 1 heterocycles. The minimum Gasteiger partial charge on any atom is -0.355 e. The quantitative estimate of drug-likeness (QED) is 0.473. The summed E-state index contributed by atoms with van der Waals surface area (Å²) in [6.07, 6.45) is 13.0. The average molecular weight is 494 g/mol. The third-order valence-electron chi connectivity index (χ3n) is 11.3. The van der Waals surface area contributed by atoms with E-state index in [1.54, 1.807) is 0 Å². The summed E-state index contributed by atoms with van der Waals surface area (Å²) in [5.74, 6) is 3.32. The highest BCUT2D eigenvalue weighted by Gasteiger charge is 2.69. The van der Waals surface area contributed by atoms with Gasteiger partial charge < -0.3 is 5.32 Å². The first-order valence-electron chi connectivity index (χ1n) is 13.6. The van der Waals surface area contributed by atoms with Crippen LogP contribution in [0.2, 0.25) is 0 Å². The molecule has 2 N–H and O–H groups in total. The van der Waals surface area contributed by atoms with Gasteiger partial charge in [-0.1, -0.05) is 33.6 Å². The molecule has 0 bridgehead atoms. The van der Waals surface area contributed by atoms with Crippen LogP contribution in [0.25, 0.3) is 0 Å². The van der Waals surface area contributed by atoms with Gasteiger partial charge >= 0.3 is 0 Å². The number of hydrogen-bond donors (Lipinski definition) is 2. The molecule has 1 amide bonds. The number of carbonyl (C=O) groups is 1. The van der Waals surface area contributed by atoms with E-state index in [-0.39, 0.29) is 18.1 Å². The van der Waals surface area contributed by atoms with Gasteiger partial charge in [0, 0.05) is 25.3 Å². The van der Waals surface area contributed by atoms with Gasteiger partial charge in [-0.3, -0.25) is 9.35 Å². The Bertz CT molecular complexity index is 946. The van der Waals surface area contributed by atoms with Gasteiger partial charge in [0.25, 0.3) is 10.1 Å². The monoisotopic (exact) mass is 493 g/mol. The van der Waals surface area contributed by atoms with Crippen LogP contribution in [0.4, 0.5) is 0 Å². The van der Waals surface area contributed by atoms with Gasteiger partial charge in [-0.2, -0.15) is 18.6 Å². The molecule has 8 heteroatoms. The number of carbonyl (C=O) groups excluding carboxylic acids is 1. The fraction of sp³-hybridized carbons (Fsp3) is 0.962. The second kappa shape index (κ2) is 8.53. The summed E-state index contributed by atoms with van der Waals surface area (Å²) in [6.45, 7) is 7.39. The van der Waals surface area contributed by atoms with Gasteiger partial charge in [-0.25, -0.2) is 0 Å². The van der Waals surface area contributed by atoms with Crippen molar-refractivity contribution in [3.05, 3.63) is 0 Å². The molecule has 4 fully saturated rings. The SMILES string of the molecule is C[C@H](CCC(=O)NCCS(=O)(=O)O)[C@H]1CC[C@H]2[C@H]3[C@H](CC[C@]12C)[C@@]1(C)CCCC[C@H]1CC31N=N1. The van der Waals surface area contributed by atoms with Crippen LogP contribution in [0.5, 0.6) is 0 Å². The lowest BCUT2D eigenvalue weighted by molar-refractivity contribution is -0.133. The Balaban J connectivity index is 1.24. The fourth-order valence-corrected chi connectivity index (χ4v) is 9.86. The smallest absolute Gasteiger partial charge is 0.266 e. The second-order valence-corrected chi connectivity index (χ2v) is 14.4. The van der Waals surface area contributed by atoms with Crippen molar-refractivity contribution in [2.75, 3.05) is 12.3 Å².